The van der Waals surface area contributed by atoms with Crippen LogP contribution < -0.4 is 18.9 Å². The summed E-state index contributed by atoms with van der Waals surface area (Å²) in [4.78, 5) is 43.0. The van der Waals surface area contributed by atoms with Gasteiger partial charge in [-0.05, 0) is 76.2 Å². The van der Waals surface area contributed by atoms with Gasteiger partial charge in [0.1, 0.15) is 28.6 Å². The van der Waals surface area contributed by atoms with E-state index in [1.54, 1.807) is 52.0 Å². The zero-order valence-electron chi connectivity index (χ0n) is 26.1. The van der Waals surface area contributed by atoms with E-state index < -0.39 is 56.0 Å². The Morgan fingerprint density at radius 1 is 0.652 bits per heavy atom. The van der Waals surface area contributed by atoms with Crippen molar-refractivity contribution in [3.05, 3.63) is 59.1 Å². The summed E-state index contributed by atoms with van der Waals surface area (Å²) < 4.78 is 52.8. The van der Waals surface area contributed by atoms with Crippen LogP contribution in [0.15, 0.2) is 59.1 Å². The molecule has 2 heterocycles. The summed E-state index contributed by atoms with van der Waals surface area (Å²) in [5.41, 5.74) is -5.42. The number of hydrogen-bond donors (Lipinski definition) is 0. The van der Waals surface area contributed by atoms with Crippen LogP contribution in [0.25, 0.3) is 0 Å². The lowest BCUT2D eigenvalue weighted by molar-refractivity contribution is -0.292. The number of carbonyl (C=O) groups is 3. The monoisotopic (exact) mass is 680 g/mol. The van der Waals surface area contributed by atoms with Crippen LogP contribution in [0.4, 0.5) is 0 Å². The summed E-state index contributed by atoms with van der Waals surface area (Å²) in [6, 6.07) is 12.4. The molecule has 2 aliphatic heterocycles. The first-order valence-electron chi connectivity index (χ1n) is 14.6. The summed E-state index contributed by atoms with van der Waals surface area (Å²) in [5, 5.41) is -2.89. The van der Waals surface area contributed by atoms with Crippen LogP contribution >= 0.6 is 23.2 Å². The summed E-state index contributed by atoms with van der Waals surface area (Å²) in [7, 11) is 2.97. The van der Waals surface area contributed by atoms with E-state index in [1.807, 2.05) is 0 Å². The Balaban J connectivity index is 1.89. The molecule has 5 atom stereocenters. The summed E-state index contributed by atoms with van der Waals surface area (Å²) in [6.07, 6.45) is 0. The molecule has 1 saturated carbocycles. The van der Waals surface area contributed by atoms with E-state index in [0.29, 0.717) is 11.5 Å². The molecule has 2 bridgehead atoms. The van der Waals surface area contributed by atoms with Gasteiger partial charge < -0.3 is 37.9 Å². The molecule has 2 aromatic carbocycles. The number of alkyl halides is 1. The van der Waals surface area contributed by atoms with Crippen molar-refractivity contribution >= 4 is 41.1 Å². The van der Waals surface area contributed by atoms with Gasteiger partial charge >= 0.3 is 17.9 Å². The number of carbonyl (C=O) groups excluding carboxylic acids is 3. The van der Waals surface area contributed by atoms with E-state index in [4.69, 9.17) is 65.8 Å². The predicted octanol–water partition coefficient (Wildman–Crippen LogP) is 4.74. The smallest absolute Gasteiger partial charge is 0.342 e. The minimum atomic E-state index is -2.62. The molecule has 0 amide bonds. The Kier molecular flexibility index (Phi) is 8.88. The van der Waals surface area contributed by atoms with Gasteiger partial charge in [-0.2, -0.15) is 0 Å². The Morgan fingerprint density at radius 2 is 1.09 bits per heavy atom. The third-order valence-corrected chi connectivity index (χ3v) is 9.29. The maximum Gasteiger partial charge on any atom is 0.342 e. The van der Waals surface area contributed by atoms with Gasteiger partial charge in [-0.15, -0.1) is 0 Å². The highest BCUT2D eigenvalue weighted by Gasteiger charge is 3.17. The average Bonchev–Trinajstić information content (AvgIpc) is 3.32. The molecule has 1 saturated heterocycles. The lowest BCUT2D eigenvalue weighted by atomic mass is 9.75. The molecule has 0 unspecified atom stereocenters. The molecule has 12 nitrogen and oxygen atoms in total. The first kappa shape index (κ1) is 33.6. The fraction of sp³-hybridized carbons (Fsp3) is 0.469. The first-order chi connectivity index (χ1) is 22.0. The zero-order chi connectivity index (χ0) is 33.5. The van der Waals surface area contributed by atoms with E-state index in [-0.39, 0.29) is 37.9 Å². The maximum atomic E-state index is 14.6. The van der Waals surface area contributed by atoms with Crippen LogP contribution in [-0.2, 0) is 38.1 Å². The molecule has 0 radical (unpaired) electrons. The number of esters is 3. The molecule has 2 aromatic rings. The first-order valence-corrected chi connectivity index (χ1v) is 15.4. The van der Waals surface area contributed by atoms with Gasteiger partial charge in [0.25, 0.3) is 5.79 Å². The predicted molar refractivity (Wildman–Crippen MR) is 162 cm³/mol. The van der Waals surface area contributed by atoms with Gasteiger partial charge in [-0.25, -0.2) is 4.79 Å². The molecule has 3 aliphatic rings. The number of halogens is 2. The molecule has 5 rings (SSSR count). The molecule has 248 valence electrons. The van der Waals surface area contributed by atoms with Crippen molar-refractivity contribution in [2.45, 2.75) is 44.3 Å². The molecular formula is C32H34Cl2O12. The van der Waals surface area contributed by atoms with Crippen molar-refractivity contribution < 1.29 is 57.0 Å². The molecule has 1 aliphatic carbocycles. The van der Waals surface area contributed by atoms with Crippen LogP contribution in [0, 0.1) is 10.8 Å². The third kappa shape index (κ3) is 4.03. The highest BCUT2D eigenvalue weighted by molar-refractivity contribution is 6.39. The maximum absolute atomic E-state index is 14.6. The topological polar surface area (TPSA) is 134 Å². The molecule has 0 N–H and O–H groups in total. The van der Waals surface area contributed by atoms with E-state index >= 15 is 0 Å². The van der Waals surface area contributed by atoms with Crippen molar-refractivity contribution in [1.29, 1.82) is 0 Å². The van der Waals surface area contributed by atoms with Crippen molar-refractivity contribution in [3.8, 4) is 23.0 Å². The Hall–Kier alpha value is -3.71. The highest BCUT2D eigenvalue weighted by atomic mass is 35.5. The number of hydrogen-bond acceptors (Lipinski definition) is 12. The Bertz CT molecular complexity index is 1550. The average molecular weight is 682 g/mol. The van der Waals surface area contributed by atoms with Crippen molar-refractivity contribution in [1.82, 2.24) is 0 Å². The largest absolute Gasteiger partial charge is 0.497 e. The van der Waals surface area contributed by atoms with E-state index in [1.165, 1.54) is 38.5 Å². The Morgan fingerprint density at radius 3 is 1.52 bits per heavy atom. The molecule has 46 heavy (non-hydrogen) atoms. The Labute approximate surface area is 275 Å². The lowest BCUT2D eigenvalue weighted by Crippen LogP contribution is -2.56. The van der Waals surface area contributed by atoms with Crippen LogP contribution in [0.2, 0.25) is 0 Å². The highest BCUT2D eigenvalue weighted by Crippen LogP contribution is 2.93. The number of fused-ring (bicyclic) bond motifs is 5. The second kappa shape index (κ2) is 12.1. The van der Waals surface area contributed by atoms with Gasteiger partial charge in [0, 0.05) is 6.61 Å². The van der Waals surface area contributed by atoms with Crippen molar-refractivity contribution in [3.63, 3.8) is 0 Å². The molecule has 0 aromatic heterocycles. The second-order valence-corrected chi connectivity index (χ2v) is 11.2. The third-order valence-electron chi connectivity index (χ3n) is 8.21. The standard InChI is InChI=1S/C32H34Cl2O12/c1-7-40-25(35)23-24(33)31(43-10-4)29(27(37)42-9-3)28(26(36)41-8-2,32(29,34)45-22-17-13-20(39-6)14-18-22)30(23,46-31)44-21-15-11-19(38-5)12-16-21/h11-18H,7-10H2,1-6H3/t28-,29+,30+,31-,32+/m0/s1. The summed E-state index contributed by atoms with van der Waals surface area (Å²) in [5.74, 6) is -7.11. The zero-order valence-corrected chi connectivity index (χ0v) is 27.6. The number of benzene rings is 2. The second-order valence-electron chi connectivity index (χ2n) is 10.3. The summed E-state index contributed by atoms with van der Waals surface area (Å²) >= 11 is 14.6. The van der Waals surface area contributed by atoms with E-state index in [9.17, 15) is 14.4 Å². The SMILES string of the molecule is CCOC(=O)C1=C(Cl)[C@]2(OCC)O[C@@]1(Oc1ccc(OC)cc1)[C@@]1(C(=O)OCC)[C@@](Cl)(Oc3ccc(OC)cc3)[C@@]21C(=O)OCC. The molecular weight excluding hydrogens is 647 g/mol. The minimum absolute atomic E-state index is 0.0676. The van der Waals surface area contributed by atoms with Gasteiger partial charge in [-0.1, -0.05) is 23.2 Å². The quantitative estimate of drug-likeness (QED) is 0.155. The molecule has 2 fully saturated rings. The van der Waals surface area contributed by atoms with Crippen LogP contribution in [-0.4, -0.2) is 75.2 Å². The van der Waals surface area contributed by atoms with Crippen molar-refractivity contribution in [2.24, 2.45) is 10.8 Å². The number of methoxy groups -OCH3 is 2. The van der Waals surface area contributed by atoms with Crippen LogP contribution in [0.1, 0.15) is 27.7 Å². The fourth-order valence-corrected chi connectivity index (χ4v) is 7.76. The van der Waals surface area contributed by atoms with Gasteiger partial charge in [0.2, 0.25) is 21.7 Å². The minimum Gasteiger partial charge on any atom is -0.497 e. The van der Waals surface area contributed by atoms with Gasteiger partial charge in [0.05, 0.1) is 39.1 Å². The van der Waals surface area contributed by atoms with Gasteiger partial charge in [0.15, 0.2) is 0 Å². The van der Waals surface area contributed by atoms with Crippen molar-refractivity contribution in [2.75, 3.05) is 40.6 Å². The number of ether oxygens (including phenoxy) is 9. The van der Waals surface area contributed by atoms with Crippen LogP contribution in [0.5, 0.6) is 23.0 Å². The van der Waals surface area contributed by atoms with E-state index in [2.05, 4.69) is 0 Å². The number of rotatable bonds is 14. The molecule has 14 heteroatoms. The molecule has 0 spiro atoms. The lowest BCUT2D eigenvalue weighted by Gasteiger charge is -2.38. The van der Waals surface area contributed by atoms with Gasteiger partial charge in [-0.3, -0.25) is 14.3 Å². The van der Waals surface area contributed by atoms with Crippen LogP contribution in [0.3, 0.4) is 0 Å². The fourth-order valence-electron chi connectivity index (χ4n) is 6.59. The van der Waals surface area contributed by atoms with E-state index in [0.717, 1.165) is 0 Å². The summed E-state index contributed by atoms with van der Waals surface area (Å²) in [6.45, 7) is 5.77. The normalized spacial score (nSPS) is 30.3.